The van der Waals surface area contributed by atoms with Crippen molar-refractivity contribution in [3.8, 4) is 5.75 Å². The van der Waals surface area contributed by atoms with Gasteiger partial charge >= 0.3 is 0 Å². The third-order valence-electron chi connectivity index (χ3n) is 3.43. The SMILES string of the molecule is COc1ccc(S(=O)(=O)Cl)c(CNC(=O)C2CC2C)c1. The fraction of sp³-hybridized carbons (Fsp3) is 0.462. The van der Waals surface area contributed by atoms with E-state index in [-0.39, 0.29) is 23.3 Å². The smallest absolute Gasteiger partial charge is 0.261 e. The number of hydrogen-bond donors (Lipinski definition) is 1. The third-order valence-corrected chi connectivity index (χ3v) is 4.85. The van der Waals surface area contributed by atoms with Crippen LogP contribution in [0.5, 0.6) is 5.75 Å². The molecule has 20 heavy (non-hydrogen) atoms. The molecular weight excluding hydrogens is 302 g/mol. The van der Waals surface area contributed by atoms with Gasteiger partial charge in [-0.3, -0.25) is 4.79 Å². The molecule has 1 aliphatic rings. The Bertz CT molecular complexity index is 629. The van der Waals surface area contributed by atoms with E-state index in [4.69, 9.17) is 15.4 Å². The molecule has 1 amide bonds. The summed E-state index contributed by atoms with van der Waals surface area (Å²) in [6.45, 7) is 2.12. The van der Waals surface area contributed by atoms with Crippen LogP contribution in [0.15, 0.2) is 23.1 Å². The number of amides is 1. The second-order valence-electron chi connectivity index (χ2n) is 4.95. The standard InChI is InChI=1S/C13H16ClNO4S/c1-8-5-11(8)13(16)15-7-9-6-10(19-2)3-4-12(9)20(14,17)18/h3-4,6,8,11H,5,7H2,1-2H3,(H,15,16). The van der Waals surface area contributed by atoms with Crippen molar-refractivity contribution in [2.45, 2.75) is 24.8 Å². The summed E-state index contributed by atoms with van der Waals surface area (Å²) >= 11 is 0. The number of nitrogens with one attached hydrogen (secondary N) is 1. The van der Waals surface area contributed by atoms with E-state index in [2.05, 4.69) is 5.32 Å². The van der Waals surface area contributed by atoms with Crippen LogP contribution < -0.4 is 10.1 Å². The van der Waals surface area contributed by atoms with E-state index in [1.54, 1.807) is 6.07 Å². The molecule has 2 unspecified atom stereocenters. The van der Waals surface area contributed by atoms with E-state index in [0.717, 1.165) is 6.42 Å². The van der Waals surface area contributed by atoms with Crippen LogP contribution >= 0.6 is 10.7 Å². The summed E-state index contributed by atoms with van der Waals surface area (Å²) in [6, 6.07) is 4.46. The van der Waals surface area contributed by atoms with Crippen molar-refractivity contribution in [2.75, 3.05) is 7.11 Å². The number of methoxy groups -OCH3 is 1. The van der Waals surface area contributed by atoms with Gasteiger partial charge in [-0.1, -0.05) is 6.92 Å². The molecule has 110 valence electrons. The van der Waals surface area contributed by atoms with Crippen molar-refractivity contribution in [2.24, 2.45) is 11.8 Å². The summed E-state index contributed by atoms with van der Waals surface area (Å²) < 4.78 is 28.1. The van der Waals surface area contributed by atoms with Crippen molar-refractivity contribution < 1.29 is 17.9 Å². The largest absolute Gasteiger partial charge is 0.497 e. The first kappa shape index (κ1) is 15.1. The lowest BCUT2D eigenvalue weighted by Crippen LogP contribution is -2.25. The van der Waals surface area contributed by atoms with E-state index < -0.39 is 9.05 Å². The van der Waals surface area contributed by atoms with Gasteiger partial charge in [-0.25, -0.2) is 8.42 Å². The maximum atomic E-state index is 11.8. The summed E-state index contributed by atoms with van der Waals surface area (Å²) in [4.78, 5) is 11.8. The molecule has 2 rings (SSSR count). The van der Waals surface area contributed by atoms with E-state index in [1.807, 2.05) is 6.92 Å². The lowest BCUT2D eigenvalue weighted by molar-refractivity contribution is -0.122. The molecule has 0 aliphatic heterocycles. The Morgan fingerprint density at radius 2 is 2.15 bits per heavy atom. The molecule has 0 saturated heterocycles. The molecule has 1 aromatic rings. The molecule has 0 aromatic heterocycles. The van der Waals surface area contributed by atoms with E-state index in [0.29, 0.717) is 17.2 Å². The van der Waals surface area contributed by atoms with E-state index in [9.17, 15) is 13.2 Å². The average molecular weight is 318 g/mol. The zero-order valence-electron chi connectivity index (χ0n) is 11.2. The zero-order chi connectivity index (χ0) is 14.9. The fourth-order valence-electron chi connectivity index (χ4n) is 2.06. The van der Waals surface area contributed by atoms with Crippen LogP contribution in [0.2, 0.25) is 0 Å². The van der Waals surface area contributed by atoms with Gasteiger partial charge in [0.1, 0.15) is 5.75 Å². The first-order valence-corrected chi connectivity index (χ1v) is 8.53. The number of halogens is 1. The predicted molar refractivity (Wildman–Crippen MR) is 75.2 cm³/mol. The minimum Gasteiger partial charge on any atom is -0.497 e. The third kappa shape index (κ3) is 3.43. The second kappa shape index (κ2) is 5.61. The highest BCUT2D eigenvalue weighted by Gasteiger charge is 2.38. The van der Waals surface area contributed by atoms with Gasteiger partial charge in [0.25, 0.3) is 9.05 Å². The Hall–Kier alpha value is -1.27. The van der Waals surface area contributed by atoms with Gasteiger partial charge in [0.15, 0.2) is 0 Å². The Balaban J connectivity index is 2.18. The first-order valence-electron chi connectivity index (χ1n) is 6.22. The van der Waals surface area contributed by atoms with E-state index in [1.165, 1.54) is 19.2 Å². The quantitative estimate of drug-likeness (QED) is 0.842. The highest BCUT2D eigenvalue weighted by Crippen LogP contribution is 2.37. The minimum absolute atomic E-state index is 0.0101. The molecule has 7 heteroatoms. The Labute approximate surface area is 122 Å². The van der Waals surface area contributed by atoms with Crippen LogP contribution in [-0.2, 0) is 20.4 Å². The molecule has 5 nitrogen and oxygen atoms in total. The van der Waals surface area contributed by atoms with E-state index >= 15 is 0 Å². The maximum Gasteiger partial charge on any atom is 0.261 e. The van der Waals surface area contributed by atoms with Crippen molar-refractivity contribution in [1.82, 2.24) is 5.32 Å². The molecular formula is C13H16ClNO4S. The fourth-order valence-corrected chi connectivity index (χ4v) is 3.19. The number of benzene rings is 1. The normalized spacial score (nSPS) is 21.4. The zero-order valence-corrected chi connectivity index (χ0v) is 12.8. The number of carbonyl (C=O) groups is 1. The summed E-state index contributed by atoms with van der Waals surface area (Å²) in [7, 11) is 3.02. The lowest BCUT2D eigenvalue weighted by Gasteiger charge is -2.10. The minimum atomic E-state index is -3.86. The monoisotopic (exact) mass is 317 g/mol. The highest BCUT2D eigenvalue weighted by molar-refractivity contribution is 8.13. The molecule has 0 heterocycles. The number of rotatable bonds is 5. The predicted octanol–water partition coefficient (Wildman–Crippen LogP) is 1.89. The van der Waals surface area contributed by atoms with Crippen molar-refractivity contribution >= 4 is 25.6 Å². The van der Waals surface area contributed by atoms with Crippen LogP contribution in [0.3, 0.4) is 0 Å². The number of hydrogen-bond acceptors (Lipinski definition) is 4. The molecule has 0 radical (unpaired) electrons. The van der Waals surface area contributed by atoms with Crippen molar-refractivity contribution in [1.29, 1.82) is 0 Å². The van der Waals surface area contributed by atoms with Crippen LogP contribution in [0.4, 0.5) is 0 Å². The Morgan fingerprint density at radius 3 is 2.65 bits per heavy atom. The Kier molecular flexibility index (Phi) is 4.25. The number of ether oxygens (including phenoxy) is 1. The average Bonchev–Trinajstić information content (AvgIpc) is 3.11. The summed E-state index contributed by atoms with van der Waals surface area (Å²) in [5, 5.41) is 2.74. The van der Waals surface area contributed by atoms with Crippen molar-refractivity contribution in [3.05, 3.63) is 23.8 Å². The lowest BCUT2D eigenvalue weighted by atomic mass is 10.2. The topological polar surface area (TPSA) is 72.5 Å². The van der Waals surface area contributed by atoms with Gasteiger partial charge in [0.05, 0.1) is 12.0 Å². The van der Waals surface area contributed by atoms with Crippen LogP contribution in [0, 0.1) is 11.8 Å². The molecule has 1 aliphatic carbocycles. The molecule has 1 saturated carbocycles. The highest BCUT2D eigenvalue weighted by atomic mass is 35.7. The Morgan fingerprint density at radius 1 is 1.50 bits per heavy atom. The first-order chi connectivity index (χ1) is 9.32. The summed E-state index contributed by atoms with van der Waals surface area (Å²) in [6.07, 6.45) is 0.880. The molecule has 2 atom stereocenters. The molecule has 0 bridgehead atoms. The second-order valence-corrected chi connectivity index (χ2v) is 7.48. The maximum absolute atomic E-state index is 11.8. The molecule has 1 N–H and O–H groups in total. The molecule has 0 spiro atoms. The molecule has 1 aromatic carbocycles. The van der Waals surface area contributed by atoms with Crippen molar-refractivity contribution in [3.63, 3.8) is 0 Å². The van der Waals surface area contributed by atoms with Crippen LogP contribution in [-0.4, -0.2) is 21.4 Å². The van der Waals surface area contributed by atoms with Crippen LogP contribution in [0.1, 0.15) is 18.9 Å². The summed E-state index contributed by atoms with van der Waals surface area (Å²) in [5.74, 6) is 0.893. The molecule has 1 fully saturated rings. The van der Waals surface area contributed by atoms with Gasteiger partial charge in [-0.05, 0) is 36.1 Å². The van der Waals surface area contributed by atoms with Gasteiger partial charge in [-0.15, -0.1) is 0 Å². The summed E-state index contributed by atoms with van der Waals surface area (Å²) in [5.41, 5.74) is 0.418. The van der Waals surface area contributed by atoms with Gasteiger partial charge in [0, 0.05) is 23.1 Å². The number of carbonyl (C=O) groups excluding carboxylic acids is 1. The van der Waals surface area contributed by atoms with Gasteiger partial charge < -0.3 is 10.1 Å². The van der Waals surface area contributed by atoms with Gasteiger partial charge in [0.2, 0.25) is 5.91 Å². The van der Waals surface area contributed by atoms with Gasteiger partial charge in [-0.2, -0.15) is 0 Å². The van der Waals surface area contributed by atoms with Crippen LogP contribution in [0.25, 0.3) is 0 Å².